The highest BCUT2D eigenvalue weighted by Gasteiger charge is 2.19. The van der Waals surface area contributed by atoms with Crippen molar-refractivity contribution < 1.29 is 0 Å². The summed E-state index contributed by atoms with van der Waals surface area (Å²) in [7, 11) is 0. The van der Waals surface area contributed by atoms with Gasteiger partial charge in [-0.2, -0.15) is 0 Å². The third-order valence-corrected chi connectivity index (χ3v) is 2.51. The molecule has 1 aromatic rings. The summed E-state index contributed by atoms with van der Waals surface area (Å²) in [6, 6.07) is 2.75. The Hall–Kier alpha value is -1.09. The Morgan fingerprint density at radius 2 is 2.36 bits per heavy atom. The maximum atomic E-state index is 5.86. The molecule has 0 spiro atoms. The van der Waals surface area contributed by atoms with E-state index >= 15 is 0 Å². The van der Waals surface area contributed by atoms with E-state index in [0.717, 1.165) is 36.0 Å². The van der Waals surface area contributed by atoms with Crippen LogP contribution in [0.15, 0.2) is 12.3 Å². The summed E-state index contributed by atoms with van der Waals surface area (Å²) >= 11 is 0. The van der Waals surface area contributed by atoms with Gasteiger partial charge in [0.2, 0.25) is 0 Å². The van der Waals surface area contributed by atoms with Crippen LogP contribution in [0.5, 0.6) is 0 Å². The molecule has 1 fully saturated rings. The van der Waals surface area contributed by atoms with Crippen LogP contribution in [0.2, 0.25) is 0 Å². The highest BCUT2D eigenvalue weighted by molar-refractivity contribution is 5.44. The number of nitrogens with one attached hydrogen (secondary N) is 1. The number of hydrogen-bond acceptors (Lipinski definition) is 3. The van der Waals surface area contributed by atoms with Gasteiger partial charge in [-0.25, -0.2) is 0 Å². The minimum Gasteiger partial charge on any atom is -0.397 e. The molecule has 0 aromatic carbocycles. The van der Waals surface area contributed by atoms with Crippen LogP contribution in [-0.2, 0) is 6.42 Å². The standard InChI is InChI=1S/C11H17N3/c1-8-6-10(12)11(14-7-8)4-5-13-9-2-3-9/h6-7,9,13H,2-5,12H2,1H3. The molecule has 0 atom stereocenters. The van der Waals surface area contributed by atoms with Crippen molar-refractivity contribution in [2.45, 2.75) is 32.2 Å². The predicted octanol–water partition coefficient (Wildman–Crippen LogP) is 1.27. The van der Waals surface area contributed by atoms with Crippen molar-refractivity contribution in [2.75, 3.05) is 12.3 Å². The van der Waals surface area contributed by atoms with E-state index in [4.69, 9.17) is 5.73 Å². The van der Waals surface area contributed by atoms with Crippen molar-refractivity contribution >= 4 is 5.69 Å². The lowest BCUT2D eigenvalue weighted by Gasteiger charge is -2.06. The van der Waals surface area contributed by atoms with Gasteiger partial charge in [-0.15, -0.1) is 0 Å². The fraction of sp³-hybridized carbons (Fsp3) is 0.545. The Labute approximate surface area is 84.7 Å². The van der Waals surface area contributed by atoms with E-state index < -0.39 is 0 Å². The molecule has 0 unspecified atom stereocenters. The summed E-state index contributed by atoms with van der Waals surface area (Å²) in [5, 5.41) is 3.45. The Balaban J connectivity index is 1.87. The molecule has 76 valence electrons. The van der Waals surface area contributed by atoms with E-state index in [-0.39, 0.29) is 0 Å². The van der Waals surface area contributed by atoms with Gasteiger partial charge in [0.05, 0.1) is 11.4 Å². The first-order valence-corrected chi connectivity index (χ1v) is 5.20. The van der Waals surface area contributed by atoms with Gasteiger partial charge < -0.3 is 11.1 Å². The van der Waals surface area contributed by atoms with E-state index in [1.165, 1.54) is 12.8 Å². The van der Waals surface area contributed by atoms with Gasteiger partial charge in [-0.05, 0) is 31.4 Å². The number of pyridine rings is 1. The highest BCUT2D eigenvalue weighted by Crippen LogP contribution is 2.18. The van der Waals surface area contributed by atoms with Gasteiger partial charge in [-0.3, -0.25) is 4.98 Å². The van der Waals surface area contributed by atoms with Crippen LogP contribution >= 0.6 is 0 Å². The molecule has 3 heteroatoms. The van der Waals surface area contributed by atoms with E-state index in [0.29, 0.717) is 0 Å². The maximum Gasteiger partial charge on any atom is 0.0645 e. The second kappa shape index (κ2) is 3.96. The number of aromatic nitrogens is 1. The number of rotatable bonds is 4. The fourth-order valence-electron chi connectivity index (χ4n) is 1.51. The first-order valence-electron chi connectivity index (χ1n) is 5.20. The highest BCUT2D eigenvalue weighted by atomic mass is 14.9. The molecule has 2 rings (SSSR count). The summed E-state index contributed by atoms with van der Waals surface area (Å²) in [6.45, 7) is 3.00. The monoisotopic (exact) mass is 191 g/mol. The summed E-state index contributed by atoms with van der Waals surface area (Å²) < 4.78 is 0. The molecule has 1 heterocycles. The van der Waals surface area contributed by atoms with Crippen molar-refractivity contribution in [3.8, 4) is 0 Å². The van der Waals surface area contributed by atoms with E-state index in [2.05, 4.69) is 10.3 Å². The average Bonchev–Trinajstić information content (AvgIpc) is 2.92. The van der Waals surface area contributed by atoms with E-state index in [9.17, 15) is 0 Å². The van der Waals surface area contributed by atoms with Gasteiger partial charge in [0.15, 0.2) is 0 Å². The largest absolute Gasteiger partial charge is 0.397 e. The van der Waals surface area contributed by atoms with Crippen LogP contribution in [0.4, 0.5) is 5.69 Å². The molecule has 14 heavy (non-hydrogen) atoms. The minimum absolute atomic E-state index is 0.765. The SMILES string of the molecule is Cc1cnc(CCNC2CC2)c(N)c1. The van der Waals surface area contributed by atoms with Crippen molar-refractivity contribution in [2.24, 2.45) is 0 Å². The molecular weight excluding hydrogens is 174 g/mol. The van der Waals surface area contributed by atoms with Crippen molar-refractivity contribution in [3.63, 3.8) is 0 Å². The zero-order valence-electron chi connectivity index (χ0n) is 8.59. The Morgan fingerprint density at radius 1 is 1.57 bits per heavy atom. The van der Waals surface area contributed by atoms with Crippen LogP contribution < -0.4 is 11.1 Å². The van der Waals surface area contributed by atoms with Gasteiger partial charge in [0.25, 0.3) is 0 Å². The lowest BCUT2D eigenvalue weighted by atomic mass is 10.2. The molecule has 0 radical (unpaired) electrons. The van der Waals surface area contributed by atoms with Gasteiger partial charge >= 0.3 is 0 Å². The summed E-state index contributed by atoms with van der Waals surface area (Å²) in [5.74, 6) is 0. The Morgan fingerprint density at radius 3 is 3.00 bits per heavy atom. The molecule has 0 amide bonds. The van der Waals surface area contributed by atoms with Gasteiger partial charge in [-0.1, -0.05) is 0 Å². The lowest BCUT2D eigenvalue weighted by molar-refractivity contribution is 0.676. The van der Waals surface area contributed by atoms with Crippen LogP contribution in [0.25, 0.3) is 0 Å². The van der Waals surface area contributed by atoms with Gasteiger partial charge in [0.1, 0.15) is 0 Å². The molecule has 0 bridgehead atoms. The fourth-order valence-corrected chi connectivity index (χ4v) is 1.51. The van der Waals surface area contributed by atoms with Crippen molar-refractivity contribution in [1.82, 2.24) is 10.3 Å². The quantitative estimate of drug-likeness (QED) is 0.753. The molecule has 1 aromatic heterocycles. The smallest absolute Gasteiger partial charge is 0.0645 e. The number of anilines is 1. The first-order chi connectivity index (χ1) is 6.75. The molecular formula is C11H17N3. The number of nitrogens with two attached hydrogens (primary N) is 1. The second-order valence-electron chi connectivity index (χ2n) is 4.03. The van der Waals surface area contributed by atoms with Crippen LogP contribution in [0, 0.1) is 6.92 Å². The summed E-state index contributed by atoms with van der Waals surface area (Å²) in [5.41, 5.74) is 8.83. The number of nitrogens with zero attached hydrogens (tertiary/aromatic N) is 1. The molecule has 0 saturated heterocycles. The van der Waals surface area contributed by atoms with E-state index in [1.54, 1.807) is 0 Å². The van der Waals surface area contributed by atoms with Crippen molar-refractivity contribution in [1.29, 1.82) is 0 Å². The third kappa shape index (κ3) is 2.45. The zero-order valence-corrected chi connectivity index (χ0v) is 8.59. The molecule has 1 aliphatic rings. The molecule has 1 aliphatic carbocycles. The number of aryl methyl sites for hydroxylation is 1. The molecule has 3 nitrogen and oxygen atoms in total. The van der Waals surface area contributed by atoms with Crippen molar-refractivity contribution in [3.05, 3.63) is 23.5 Å². The third-order valence-electron chi connectivity index (χ3n) is 2.51. The summed E-state index contributed by atoms with van der Waals surface area (Å²) in [4.78, 5) is 4.33. The first kappa shape index (κ1) is 9.46. The van der Waals surface area contributed by atoms with Crippen LogP contribution in [0.1, 0.15) is 24.1 Å². The molecule has 0 aliphatic heterocycles. The second-order valence-corrected chi connectivity index (χ2v) is 4.03. The minimum atomic E-state index is 0.765. The lowest BCUT2D eigenvalue weighted by Crippen LogP contribution is -2.20. The normalized spacial score (nSPS) is 15.8. The molecule has 1 saturated carbocycles. The summed E-state index contributed by atoms with van der Waals surface area (Å²) in [6.07, 6.45) is 5.47. The van der Waals surface area contributed by atoms with Crippen LogP contribution in [0.3, 0.4) is 0 Å². The topological polar surface area (TPSA) is 50.9 Å². The maximum absolute atomic E-state index is 5.86. The Bertz CT molecular complexity index is 318. The number of nitrogen functional groups attached to an aromatic ring is 1. The average molecular weight is 191 g/mol. The van der Waals surface area contributed by atoms with Crippen LogP contribution in [-0.4, -0.2) is 17.6 Å². The van der Waals surface area contributed by atoms with E-state index in [1.807, 2.05) is 19.2 Å². The van der Waals surface area contributed by atoms with Gasteiger partial charge in [0, 0.05) is 25.2 Å². The molecule has 3 N–H and O–H groups in total. The zero-order chi connectivity index (χ0) is 9.97. The Kier molecular flexibility index (Phi) is 2.68. The predicted molar refractivity (Wildman–Crippen MR) is 58.1 cm³/mol. The number of hydrogen-bond donors (Lipinski definition) is 2.